The van der Waals surface area contributed by atoms with Crippen LogP contribution in [0.2, 0.25) is 0 Å². The van der Waals surface area contributed by atoms with Gasteiger partial charge < -0.3 is 9.47 Å². The van der Waals surface area contributed by atoms with Gasteiger partial charge in [0, 0.05) is 86.9 Å². The maximum absolute atomic E-state index is 6.80. The number of benzene rings is 7. The lowest BCUT2D eigenvalue weighted by Crippen LogP contribution is -2.04. The van der Waals surface area contributed by atoms with Crippen LogP contribution in [0.15, 0.2) is 201 Å². The molecular weight excluding hydrogens is 875 g/mol. The number of para-hydroxylation sites is 2. The zero-order valence-electron chi connectivity index (χ0n) is 39.7. The molecule has 13 aromatic rings. The summed E-state index contributed by atoms with van der Waals surface area (Å²) in [6.45, 7) is 8.97. The zero-order chi connectivity index (χ0) is 47.7. The molecule has 0 fully saturated rings. The van der Waals surface area contributed by atoms with Crippen LogP contribution >= 0.6 is 0 Å². The van der Waals surface area contributed by atoms with Gasteiger partial charge in [0.25, 0.3) is 0 Å². The van der Waals surface area contributed by atoms with Gasteiger partial charge in [0.1, 0.15) is 34.6 Å². The molecule has 0 spiro atoms. The molecule has 0 bridgehead atoms. The van der Waals surface area contributed by atoms with E-state index in [1.165, 1.54) is 16.7 Å². The lowest BCUT2D eigenvalue weighted by molar-refractivity contribution is 0.484. The fourth-order valence-electron chi connectivity index (χ4n) is 10.5. The summed E-state index contributed by atoms with van der Waals surface area (Å²) in [5.41, 5.74) is 10.8. The quantitative estimate of drug-likeness (QED) is 0.136. The second-order valence-corrected chi connectivity index (χ2v) is 18.7. The van der Waals surface area contributed by atoms with Crippen molar-refractivity contribution in [1.82, 2.24) is 33.6 Å². The Balaban J connectivity index is 0.944. The molecule has 7 aromatic carbocycles. The summed E-state index contributed by atoms with van der Waals surface area (Å²) in [5.74, 6) is 5.66. The van der Waals surface area contributed by atoms with E-state index in [1.54, 1.807) is 0 Å². The van der Waals surface area contributed by atoms with Crippen molar-refractivity contribution in [2.24, 2.45) is 0 Å². The molecule has 13 rings (SSSR count). The first-order valence-corrected chi connectivity index (χ1v) is 24.1. The van der Waals surface area contributed by atoms with Crippen LogP contribution in [0.4, 0.5) is 0 Å². The second-order valence-electron chi connectivity index (χ2n) is 18.7. The highest BCUT2D eigenvalue weighted by atomic mass is 16.5. The van der Waals surface area contributed by atoms with Crippen LogP contribution in [-0.4, -0.2) is 33.6 Å². The molecule has 0 amide bonds. The Morgan fingerprint density at radius 1 is 0.352 bits per heavy atom. The van der Waals surface area contributed by atoms with E-state index in [-0.39, 0.29) is 0 Å². The summed E-state index contributed by atoms with van der Waals surface area (Å²) >= 11 is 0. The fraction of sp³-hybridized carbons (Fsp3) is 0.0968. The number of hydrogen-bond acceptors (Lipinski definition) is 6. The van der Waals surface area contributed by atoms with Gasteiger partial charge in [-0.1, -0.05) is 94.4 Å². The number of pyridine rings is 2. The topological polar surface area (TPSA) is 84.8 Å². The van der Waals surface area contributed by atoms with Crippen molar-refractivity contribution in [3.63, 3.8) is 0 Å². The maximum Gasteiger partial charge on any atom is 0.234 e. The Morgan fingerprint density at radius 3 is 1.13 bits per heavy atom. The fourth-order valence-corrected chi connectivity index (χ4v) is 10.5. The zero-order valence-corrected chi connectivity index (χ0v) is 39.7. The second kappa shape index (κ2) is 16.9. The average Bonchev–Trinajstić information content (AvgIpc) is 4.03. The van der Waals surface area contributed by atoms with Crippen molar-refractivity contribution in [3.8, 4) is 51.7 Å². The predicted octanol–water partition coefficient (Wildman–Crippen LogP) is 16.1. The highest BCUT2D eigenvalue weighted by molar-refractivity contribution is 6.12. The third-order valence-corrected chi connectivity index (χ3v) is 13.7. The Hall–Kier alpha value is -9.08. The predicted molar refractivity (Wildman–Crippen MR) is 287 cm³/mol. The van der Waals surface area contributed by atoms with Gasteiger partial charge in [-0.2, -0.15) is 0 Å². The van der Waals surface area contributed by atoms with Gasteiger partial charge in [-0.25, -0.2) is 19.9 Å². The number of hydrogen-bond donors (Lipinski definition) is 0. The molecule has 0 N–H and O–H groups in total. The molecule has 6 aromatic heterocycles. The number of rotatable bonds is 10. The molecule has 0 aliphatic carbocycles. The molecule has 0 aliphatic rings. The van der Waals surface area contributed by atoms with Crippen molar-refractivity contribution in [3.05, 3.63) is 212 Å². The largest absolute Gasteiger partial charge is 0.457 e. The maximum atomic E-state index is 6.80. The molecule has 0 aliphatic heterocycles. The summed E-state index contributed by atoms with van der Waals surface area (Å²) in [5, 5.41) is 6.62. The van der Waals surface area contributed by atoms with Crippen molar-refractivity contribution < 1.29 is 9.47 Å². The standard InChI is InChI=1S/C62H47N7O2/c1-38(2)45-16-13-17-46(39(3)4)61(45)40-36-65-62(66-37-40)69-57-34-43(70-41-22-26-49-47-14-5-7-18-53(47)67(55(49)32-41)59-20-9-11-30-63-59)24-28-51(57)52-29-25-44(35-58(52)69)71-42-23-27-50-48-15-6-8-19-54(48)68(56(50)33-42)60-21-10-12-31-64-60/h5-39H,1-4H3. The van der Waals surface area contributed by atoms with E-state index in [1.807, 2.05) is 85.5 Å². The molecule has 0 saturated heterocycles. The monoisotopic (exact) mass is 921 g/mol. The Morgan fingerprint density at radius 2 is 0.732 bits per heavy atom. The van der Waals surface area contributed by atoms with Gasteiger partial charge in [0.2, 0.25) is 5.95 Å². The van der Waals surface area contributed by atoms with Gasteiger partial charge in [0.05, 0.1) is 33.1 Å². The Kier molecular flexibility index (Phi) is 9.98. The first-order chi connectivity index (χ1) is 34.9. The summed E-state index contributed by atoms with van der Waals surface area (Å²) in [6, 6.07) is 60.5. The van der Waals surface area contributed by atoms with E-state index < -0.39 is 0 Å². The molecule has 9 nitrogen and oxygen atoms in total. The van der Waals surface area contributed by atoms with Crippen LogP contribution in [0.5, 0.6) is 23.0 Å². The molecule has 0 radical (unpaired) electrons. The summed E-state index contributed by atoms with van der Waals surface area (Å²) < 4.78 is 20.1. The Labute approximate surface area is 409 Å². The Bertz CT molecular complexity index is 3930. The highest BCUT2D eigenvalue weighted by Crippen LogP contribution is 2.41. The van der Waals surface area contributed by atoms with Gasteiger partial charge in [-0.05, 0) is 113 Å². The van der Waals surface area contributed by atoms with E-state index in [0.717, 1.165) is 82.6 Å². The molecule has 0 unspecified atom stereocenters. The molecule has 0 saturated carbocycles. The third kappa shape index (κ3) is 7.07. The molecule has 71 heavy (non-hydrogen) atoms. The van der Waals surface area contributed by atoms with E-state index in [0.29, 0.717) is 40.8 Å². The van der Waals surface area contributed by atoms with Crippen LogP contribution in [-0.2, 0) is 0 Å². The van der Waals surface area contributed by atoms with E-state index in [9.17, 15) is 0 Å². The molecule has 342 valence electrons. The third-order valence-electron chi connectivity index (χ3n) is 13.7. The lowest BCUT2D eigenvalue weighted by Gasteiger charge is -2.19. The van der Waals surface area contributed by atoms with Crippen LogP contribution < -0.4 is 9.47 Å². The SMILES string of the molecule is CC(C)c1cccc(C(C)C)c1-c1cnc(-n2c3cc(Oc4ccc5c6ccccc6n(-c6ccccn6)c5c4)ccc3c3ccc(Oc4ccc5c6ccccc6n(-c6ccccn6)c5c4)cc32)nc1. The first-order valence-electron chi connectivity index (χ1n) is 24.1. The average molecular weight is 922 g/mol. The number of ether oxygens (including phenoxy) is 2. The minimum atomic E-state index is 0.329. The van der Waals surface area contributed by atoms with Gasteiger partial charge in [-0.3, -0.25) is 13.7 Å². The van der Waals surface area contributed by atoms with Crippen LogP contribution in [0.25, 0.3) is 94.1 Å². The molecule has 0 atom stereocenters. The van der Waals surface area contributed by atoms with Crippen molar-refractivity contribution in [1.29, 1.82) is 0 Å². The van der Waals surface area contributed by atoms with E-state index in [2.05, 4.69) is 157 Å². The summed E-state index contributed by atoms with van der Waals surface area (Å²) in [6.07, 6.45) is 7.60. The van der Waals surface area contributed by atoms with Gasteiger partial charge >= 0.3 is 0 Å². The summed E-state index contributed by atoms with van der Waals surface area (Å²) in [7, 11) is 0. The number of fused-ring (bicyclic) bond motifs is 9. The van der Waals surface area contributed by atoms with E-state index in [4.69, 9.17) is 29.4 Å². The van der Waals surface area contributed by atoms with Crippen molar-refractivity contribution >= 4 is 65.4 Å². The minimum Gasteiger partial charge on any atom is -0.457 e. The normalized spacial score (nSPS) is 11.9. The van der Waals surface area contributed by atoms with Crippen molar-refractivity contribution in [2.45, 2.75) is 39.5 Å². The van der Waals surface area contributed by atoms with Crippen LogP contribution in [0.3, 0.4) is 0 Å². The molecular formula is C62H47N7O2. The number of aromatic nitrogens is 7. The lowest BCUT2D eigenvalue weighted by atomic mass is 9.86. The molecule has 6 heterocycles. The number of nitrogens with zero attached hydrogens (tertiary/aromatic N) is 7. The van der Waals surface area contributed by atoms with Crippen molar-refractivity contribution in [2.75, 3.05) is 0 Å². The van der Waals surface area contributed by atoms with Gasteiger partial charge in [-0.15, -0.1) is 0 Å². The highest BCUT2D eigenvalue weighted by Gasteiger charge is 2.21. The smallest absolute Gasteiger partial charge is 0.234 e. The van der Waals surface area contributed by atoms with Gasteiger partial charge in [0.15, 0.2) is 0 Å². The first kappa shape index (κ1) is 42.1. The molecule has 9 heteroatoms. The minimum absolute atomic E-state index is 0.329. The van der Waals surface area contributed by atoms with Crippen LogP contribution in [0.1, 0.15) is 50.7 Å². The van der Waals surface area contributed by atoms with Crippen LogP contribution in [0, 0.1) is 0 Å². The van der Waals surface area contributed by atoms with E-state index >= 15 is 0 Å². The summed E-state index contributed by atoms with van der Waals surface area (Å²) in [4.78, 5) is 19.8.